The number of rotatable bonds is 3. The average molecular weight is 199 g/mol. The summed E-state index contributed by atoms with van der Waals surface area (Å²) in [5.41, 5.74) is 4.98. The first-order valence-electron chi connectivity index (χ1n) is 5.90. The molecular formula is C12H25NO. The van der Waals surface area contributed by atoms with Crippen LogP contribution in [0, 0.1) is 17.8 Å². The quantitative estimate of drug-likeness (QED) is 0.731. The van der Waals surface area contributed by atoms with Crippen LogP contribution in [-0.4, -0.2) is 17.3 Å². The van der Waals surface area contributed by atoms with Crippen LogP contribution < -0.4 is 5.73 Å². The molecule has 0 saturated heterocycles. The summed E-state index contributed by atoms with van der Waals surface area (Å²) in [6.45, 7) is 7.16. The van der Waals surface area contributed by atoms with Crippen molar-refractivity contribution in [1.29, 1.82) is 0 Å². The second-order valence-electron chi connectivity index (χ2n) is 5.36. The monoisotopic (exact) mass is 199 g/mol. The van der Waals surface area contributed by atoms with E-state index in [2.05, 4.69) is 13.8 Å². The fourth-order valence-electron chi connectivity index (χ4n) is 2.61. The van der Waals surface area contributed by atoms with Crippen LogP contribution >= 0.6 is 0 Å². The van der Waals surface area contributed by atoms with Crippen LogP contribution in [0.25, 0.3) is 0 Å². The predicted molar refractivity (Wildman–Crippen MR) is 60.0 cm³/mol. The minimum atomic E-state index is -0.539. The van der Waals surface area contributed by atoms with Gasteiger partial charge in [-0.3, -0.25) is 0 Å². The van der Waals surface area contributed by atoms with Gasteiger partial charge in [-0.1, -0.05) is 20.3 Å². The minimum absolute atomic E-state index is 0.456. The summed E-state index contributed by atoms with van der Waals surface area (Å²) >= 11 is 0. The molecule has 0 aromatic rings. The molecule has 0 heterocycles. The van der Waals surface area contributed by atoms with Gasteiger partial charge in [0.05, 0.1) is 5.60 Å². The van der Waals surface area contributed by atoms with E-state index in [-0.39, 0.29) is 0 Å². The molecule has 0 spiro atoms. The van der Waals surface area contributed by atoms with Crippen molar-refractivity contribution in [2.24, 2.45) is 23.5 Å². The molecule has 0 radical (unpaired) electrons. The van der Waals surface area contributed by atoms with Crippen molar-refractivity contribution in [3.63, 3.8) is 0 Å². The van der Waals surface area contributed by atoms with E-state index in [0.29, 0.717) is 12.5 Å². The summed E-state index contributed by atoms with van der Waals surface area (Å²) in [6, 6.07) is 0. The van der Waals surface area contributed by atoms with Gasteiger partial charge in [-0.05, 0) is 50.5 Å². The lowest BCUT2D eigenvalue weighted by Gasteiger charge is -2.40. The highest BCUT2D eigenvalue weighted by Crippen LogP contribution is 2.39. The Labute approximate surface area is 87.9 Å². The largest absolute Gasteiger partial charge is 0.390 e. The molecule has 0 aromatic heterocycles. The molecule has 2 heteroatoms. The van der Waals surface area contributed by atoms with E-state index in [1.165, 1.54) is 12.8 Å². The van der Waals surface area contributed by atoms with E-state index in [1.807, 2.05) is 6.92 Å². The zero-order valence-corrected chi connectivity index (χ0v) is 9.79. The Morgan fingerprint density at radius 3 is 2.43 bits per heavy atom. The van der Waals surface area contributed by atoms with E-state index in [1.54, 1.807) is 0 Å². The Morgan fingerprint density at radius 2 is 1.93 bits per heavy atom. The van der Waals surface area contributed by atoms with Gasteiger partial charge in [-0.25, -0.2) is 0 Å². The number of hydrogen-bond donors (Lipinski definition) is 2. The Hall–Kier alpha value is -0.0800. The summed E-state index contributed by atoms with van der Waals surface area (Å²) < 4.78 is 0. The normalized spacial score (nSPS) is 37.9. The molecule has 84 valence electrons. The van der Waals surface area contributed by atoms with Gasteiger partial charge in [0.15, 0.2) is 0 Å². The molecule has 1 saturated carbocycles. The highest BCUT2D eigenvalue weighted by Gasteiger charge is 2.36. The average Bonchev–Trinajstić information content (AvgIpc) is 2.09. The Balaban J connectivity index is 2.53. The molecule has 4 atom stereocenters. The van der Waals surface area contributed by atoms with E-state index >= 15 is 0 Å². The highest BCUT2D eigenvalue weighted by molar-refractivity contribution is 4.87. The molecule has 2 nitrogen and oxygen atoms in total. The van der Waals surface area contributed by atoms with Crippen LogP contribution in [0.1, 0.15) is 46.5 Å². The molecule has 0 bridgehead atoms. The third-order valence-electron chi connectivity index (χ3n) is 4.13. The molecule has 1 rings (SSSR count). The first-order chi connectivity index (χ1) is 6.47. The van der Waals surface area contributed by atoms with Crippen LogP contribution in [0.15, 0.2) is 0 Å². The molecule has 0 aliphatic heterocycles. The summed E-state index contributed by atoms with van der Waals surface area (Å²) in [5.74, 6) is 2.02. The highest BCUT2D eigenvalue weighted by atomic mass is 16.3. The maximum atomic E-state index is 10.3. The summed E-state index contributed by atoms with van der Waals surface area (Å²) in [4.78, 5) is 0. The van der Waals surface area contributed by atoms with Gasteiger partial charge in [0.1, 0.15) is 0 Å². The summed E-state index contributed by atoms with van der Waals surface area (Å²) in [6.07, 6.45) is 4.32. The van der Waals surface area contributed by atoms with Crippen molar-refractivity contribution in [2.75, 3.05) is 6.54 Å². The SMILES string of the molecule is CC1CCC(C(C)(O)CCN)CC1C. The fourth-order valence-corrected chi connectivity index (χ4v) is 2.61. The smallest absolute Gasteiger partial charge is 0.0659 e. The lowest BCUT2D eigenvalue weighted by molar-refractivity contribution is -0.0363. The molecule has 0 amide bonds. The molecule has 0 aromatic carbocycles. The van der Waals surface area contributed by atoms with Crippen molar-refractivity contribution in [2.45, 2.75) is 52.1 Å². The van der Waals surface area contributed by atoms with E-state index in [0.717, 1.165) is 24.7 Å². The van der Waals surface area contributed by atoms with Crippen LogP contribution in [0.3, 0.4) is 0 Å². The van der Waals surface area contributed by atoms with Crippen LogP contribution in [0.5, 0.6) is 0 Å². The maximum Gasteiger partial charge on any atom is 0.0659 e. The van der Waals surface area contributed by atoms with E-state index in [4.69, 9.17) is 5.73 Å². The van der Waals surface area contributed by atoms with Crippen molar-refractivity contribution >= 4 is 0 Å². The number of aliphatic hydroxyl groups is 1. The molecule has 14 heavy (non-hydrogen) atoms. The van der Waals surface area contributed by atoms with Gasteiger partial charge >= 0.3 is 0 Å². The third-order valence-corrected chi connectivity index (χ3v) is 4.13. The van der Waals surface area contributed by atoms with Crippen LogP contribution in [-0.2, 0) is 0 Å². The van der Waals surface area contributed by atoms with Crippen molar-refractivity contribution in [3.05, 3.63) is 0 Å². The first-order valence-corrected chi connectivity index (χ1v) is 5.90. The zero-order chi connectivity index (χ0) is 10.8. The van der Waals surface area contributed by atoms with Crippen molar-refractivity contribution < 1.29 is 5.11 Å². The number of hydrogen-bond acceptors (Lipinski definition) is 2. The Morgan fingerprint density at radius 1 is 1.29 bits per heavy atom. The lowest BCUT2D eigenvalue weighted by Crippen LogP contribution is -2.40. The lowest BCUT2D eigenvalue weighted by atomic mass is 9.69. The molecule has 1 aliphatic rings. The van der Waals surface area contributed by atoms with Gasteiger partial charge in [0.25, 0.3) is 0 Å². The van der Waals surface area contributed by atoms with Gasteiger partial charge in [0, 0.05) is 0 Å². The minimum Gasteiger partial charge on any atom is -0.390 e. The summed E-state index contributed by atoms with van der Waals surface area (Å²) in [7, 11) is 0. The van der Waals surface area contributed by atoms with Crippen molar-refractivity contribution in [3.8, 4) is 0 Å². The first kappa shape index (κ1) is 12.0. The van der Waals surface area contributed by atoms with Gasteiger partial charge in [-0.2, -0.15) is 0 Å². The van der Waals surface area contributed by atoms with Gasteiger partial charge in [-0.15, -0.1) is 0 Å². The van der Waals surface area contributed by atoms with E-state index < -0.39 is 5.60 Å². The Bertz CT molecular complexity index is 179. The maximum absolute atomic E-state index is 10.3. The van der Waals surface area contributed by atoms with Crippen LogP contribution in [0.2, 0.25) is 0 Å². The van der Waals surface area contributed by atoms with Crippen molar-refractivity contribution in [1.82, 2.24) is 0 Å². The molecule has 1 fully saturated rings. The van der Waals surface area contributed by atoms with Gasteiger partial charge in [0.2, 0.25) is 0 Å². The fraction of sp³-hybridized carbons (Fsp3) is 1.00. The number of nitrogens with two attached hydrogens (primary N) is 1. The Kier molecular flexibility index (Phi) is 3.96. The predicted octanol–water partition coefficient (Wildman–Crippen LogP) is 2.16. The standard InChI is InChI=1S/C12H25NO/c1-9-4-5-11(8-10(9)2)12(3,14)6-7-13/h9-11,14H,4-8,13H2,1-3H3. The zero-order valence-electron chi connectivity index (χ0n) is 9.79. The molecule has 3 N–H and O–H groups in total. The van der Waals surface area contributed by atoms with Gasteiger partial charge < -0.3 is 10.8 Å². The molecular weight excluding hydrogens is 174 g/mol. The molecule has 1 aliphatic carbocycles. The van der Waals surface area contributed by atoms with E-state index in [9.17, 15) is 5.11 Å². The second-order valence-corrected chi connectivity index (χ2v) is 5.36. The second kappa shape index (κ2) is 4.63. The third kappa shape index (κ3) is 2.71. The van der Waals surface area contributed by atoms with Crippen LogP contribution in [0.4, 0.5) is 0 Å². The summed E-state index contributed by atoms with van der Waals surface area (Å²) in [5, 5.41) is 10.3. The topological polar surface area (TPSA) is 46.2 Å². The molecule has 4 unspecified atom stereocenters.